The number of rotatable bonds is 3. The first kappa shape index (κ1) is 18.6. The minimum Gasteiger partial charge on any atom is -0.365 e. The first-order chi connectivity index (χ1) is 13.3. The summed E-state index contributed by atoms with van der Waals surface area (Å²) >= 11 is 0. The van der Waals surface area contributed by atoms with Gasteiger partial charge in [-0.2, -0.15) is 0 Å². The average Bonchev–Trinajstić information content (AvgIpc) is 2.69. The van der Waals surface area contributed by atoms with E-state index in [0.717, 1.165) is 37.8 Å². The lowest BCUT2D eigenvalue weighted by Gasteiger charge is -2.43. The smallest absolute Gasteiger partial charge is 0.0703 e. The van der Waals surface area contributed by atoms with Crippen molar-refractivity contribution in [3.63, 3.8) is 0 Å². The van der Waals surface area contributed by atoms with Crippen LogP contribution in [0.1, 0.15) is 44.1 Å². The Hall–Kier alpha value is -1.76. The zero-order valence-corrected chi connectivity index (χ0v) is 16.8. The maximum atomic E-state index is 3.38. The summed E-state index contributed by atoms with van der Waals surface area (Å²) < 4.78 is 0. The van der Waals surface area contributed by atoms with Gasteiger partial charge >= 0.3 is 0 Å². The molecule has 0 amide bonds. The van der Waals surface area contributed by atoms with E-state index < -0.39 is 0 Å². The SMILES string of the molecule is CN1CN(CC2CCCCC2)CC2=C1CCN(CC#Cc1ccccc1)C2. The lowest BCUT2D eigenvalue weighted by Crippen LogP contribution is -2.48. The van der Waals surface area contributed by atoms with Crippen LogP contribution in [0.25, 0.3) is 0 Å². The van der Waals surface area contributed by atoms with Crippen molar-refractivity contribution in [1.29, 1.82) is 0 Å². The zero-order chi connectivity index (χ0) is 18.5. The van der Waals surface area contributed by atoms with Crippen molar-refractivity contribution in [2.24, 2.45) is 5.92 Å². The Morgan fingerprint density at radius 3 is 2.59 bits per heavy atom. The molecule has 0 radical (unpaired) electrons. The van der Waals surface area contributed by atoms with Gasteiger partial charge in [-0.15, -0.1) is 0 Å². The summed E-state index contributed by atoms with van der Waals surface area (Å²) in [4.78, 5) is 7.72. The first-order valence-electron chi connectivity index (χ1n) is 10.7. The molecule has 2 aliphatic heterocycles. The van der Waals surface area contributed by atoms with E-state index >= 15 is 0 Å². The quantitative estimate of drug-likeness (QED) is 0.757. The van der Waals surface area contributed by atoms with Crippen LogP contribution in [-0.4, -0.2) is 61.1 Å². The van der Waals surface area contributed by atoms with E-state index in [1.165, 1.54) is 51.6 Å². The van der Waals surface area contributed by atoms with E-state index in [-0.39, 0.29) is 0 Å². The number of hydrogen-bond donors (Lipinski definition) is 0. The topological polar surface area (TPSA) is 9.72 Å². The van der Waals surface area contributed by atoms with Crippen LogP contribution in [0.4, 0.5) is 0 Å². The van der Waals surface area contributed by atoms with Gasteiger partial charge in [-0.1, -0.05) is 49.3 Å². The van der Waals surface area contributed by atoms with Crippen LogP contribution < -0.4 is 0 Å². The number of hydrogen-bond acceptors (Lipinski definition) is 3. The fourth-order valence-corrected chi connectivity index (χ4v) is 4.96. The third kappa shape index (κ3) is 4.94. The van der Waals surface area contributed by atoms with Gasteiger partial charge in [0.15, 0.2) is 0 Å². The predicted molar refractivity (Wildman–Crippen MR) is 112 cm³/mol. The van der Waals surface area contributed by atoms with Crippen molar-refractivity contribution < 1.29 is 0 Å². The Kier molecular flexibility index (Phi) is 6.17. The molecule has 4 rings (SSSR count). The highest BCUT2D eigenvalue weighted by molar-refractivity contribution is 5.34. The second kappa shape index (κ2) is 8.95. The van der Waals surface area contributed by atoms with Crippen LogP contribution >= 0.6 is 0 Å². The predicted octanol–water partition coefficient (Wildman–Crippen LogP) is 3.78. The summed E-state index contributed by atoms with van der Waals surface area (Å²) in [6.07, 6.45) is 8.38. The molecule has 1 aromatic carbocycles. The molecule has 3 aliphatic rings. The fraction of sp³-hybridized carbons (Fsp3) is 0.583. The highest BCUT2D eigenvalue weighted by Crippen LogP contribution is 2.29. The van der Waals surface area contributed by atoms with Crippen LogP contribution in [0.5, 0.6) is 0 Å². The average molecular weight is 364 g/mol. The minimum absolute atomic E-state index is 0.873. The molecular weight excluding hydrogens is 330 g/mol. The van der Waals surface area contributed by atoms with Crippen LogP contribution in [0.3, 0.4) is 0 Å². The molecule has 1 fully saturated rings. The van der Waals surface area contributed by atoms with Gasteiger partial charge < -0.3 is 4.90 Å². The van der Waals surface area contributed by atoms with Gasteiger partial charge in [-0.05, 0) is 36.5 Å². The van der Waals surface area contributed by atoms with E-state index in [2.05, 4.69) is 57.9 Å². The van der Waals surface area contributed by atoms with Gasteiger partial charge in [0.2, 0.25) is 0 Å². The maximum Gasteiger partial charge on any atom is 0.0703 e. The number of benzene rings is 1. The highest BCUT2D eigenvalue weighted by Gasteiger charge is 2.28. The molecule has 0 bridgehead atoms. The second-order valence-corrected chi connectivity index (χ2v) is 8.53. The van der Waals surface area contributed by atoms with Crippen molar-refractivity contribution in [3.8, 4) is 11.8 Å². The summed E-state index contributed by atoms with van der Waals surface area (Å²) in [6, 6.07) is 10.3. The summed E-state index contributed by atoms with van der Waals surface area (Å²) in [7, 11) is 2.28. The molecule has 144 valence electrons. The zero-order valence-electron chi connectivity index (χ0n) is 16.8. The minimum atomic E-state index is 0.873. The molecule has 0 saturated heterocycles. The highest BCUT2D eigenvalue weighted by atomic mass is 15.3. The Labute approximate surface area is 165 Å². The molecule has 3 heteroatoms. The molecule has 0 spiro atoms. The van der Waals surface area contributed by atoms with Crippen LogP contribution in [-0.2, 0) is 0 Å². The van der Waals surface area contributed by atoms with Crippen LogP contribution in [0.2, 0.25) is 0 Å². The van der Waals surface area contributed by atoms with Crippen molar-refractivity contribution >= 4 is 0 Å². The maximum absolute atomic E-state index is 3.38. The molecule has 2 heterocycles. The third-order valence-corrected chi connectivity index (χ3v) is 6.33. The van der Waals surface area contributed by atoms with Crippen molar-refractivity contribution in [3.05, 3.63) is 47.2 Å². The fourth-order valence-electron chi connectivity index (χ4n) is 4.96. The van der Waals surface area contributed by atoms with Crippen molar-refractivity contribution in [1.82, 2.24) is 14.7 Å². The van der Waals surface area contributed by atoms with E-state index in [1.807, 2.05) is 6.07 Å². The van der Waals surface area contributed by atoms with Gasteiger partial charge in [0.25, 0.3) is 0 Å². The van der Waals surface area contributed by atoms with Gasteiger partial charge in [-0.3, -0.25) is 9.80 Å². The Morgan fingerprint density at radius 2 is 1.78 bits per heavy atom. The van der Waals surface area contributed by atoms with E-state index in [1.54, 1.807) is 11.3 Å². The van der Waals surface area contributed by atoms with Crippen LogP contribution in [0.15, 0.2) is 41.6 Å². The Balaban J connectivity index is 1.34. The monoisotopic (exact) mass is 363 g/mol. The molecule has 0 aromatic heterocycles. The number of nitrogens with zero attached hydrogens (tertiary/aromatic N) is 3. The Bertz CT molecular complexity index is 706. The molecule has 0 atom stereocenters. The summed E-state index contributed by atoms with van der Waals surface area (Å²) in [5, 5.41) is 0. The lowest BCUT2D eigenvalue weighted by atomic mass is 9.88. The van der Waals surface area contributed by atoms with Crippen molar-refractivity contribution in [2.75, 3.05) is 46.4 Å². The lowest BCUT2D eigenvalue weighted by molar-refractivity contribution is 0.117. The normalized spacial score (nSPS) is 22.3. The molecule has 1 aliphatic carbocycles. The molecule has 0 N–H and O–H groups in total. The summed E-state index contributed by atoms with van der Waals surface area (Å²) in [5.74, 6) is 7.61. The molecule has 27 heavy (non-hydrogen) atoms. The van der Waals surface area contributed by atoms with Gasteiger partial charge in [0.05, 0.1) is 13.2 Å². The summed E-state index contributed by atoms with van der Waals surface area (Å²) in [5.41, 5.74) is 4.35. The van der Waals surface area contributed by atoms with E-state index in [9.17, 15) is 0 Å². The standard InChI is InChI=1S/C24H33N3/c1-25-20-27(17-22-11-6-3-7-12-22)19-23-18-26(16-14-24(23)25)15-8-13-21-9-4-2-5-10-21/h2,4-5,9-10,22H,3,6-7,11-12,14-20H2,1H3. The molecule has 1 aromatic rings. The third-order valence-electron chi connectivity index (χ3n) is 6.33. The molecule has 0 unspecified atom stereocenters. The molecular formula is C24H33N3. The molecule has 3 nitrogen and oxygen atoms in total. The van der Waals surface area contributed by atoms with Crippen LogP contribution in [0, 0.1) is 17.8 Å². The van der Waals surface area contributed by atoms with Gasteiger partial charge in [0, 0.05) is 50.9 Å². The largest absolute Gasteiger partial charge is 0.365 e. The Morgan fingerprint density at radius 1 is 1.00 bits per heavy atom. The van der Waals surface area contributed by atoms with Gasteiger partial charge in [-0.25, -0.2) is 0 Å². The van der Waals surface area contributed by atoms with Gasteiger partial charge in [0.1, 0.15) is 0 Å². The summed E-state index contributed by atoms with van der Waals surface area (Å²) in [6.45, 7) is 6.66. The van der Waals surface area contributed by atoms with E-state index in [0.29, 0.717) is 0 Å². The van der Waals surface area contributed by atoms with Crippen molar-refractivity contribution in [2.45, 2.75) is 38.5 Å². The first-order valence-corrected chi connectivity index (χ1v) is 10.7. The molecule has 1 saturated carbocycles. The second-order valence-electron chi connectivity index (χ2n) is 8.53. The van der Waals surface area contributed by atoms with E-state index in [4.69, 9.17) is 0 Å².